The molecule has 3 nitrogen and oxygen atoms in total. The lowest BCUT2D eigenvalue weighted by Gasteiger charge is -2.37. The predicted molar refractivity (Wildman–Crippen MR) is 76.0 cm³/mol. The molecule has 5 heteroatoms. The number of carbonyl (C=O) groups excluding carboxylic acids is 1. The molecule has 0 saturated carbocycles. The molecule has 1 aromatic rings. The average molecular weight is 287 g/mol. The molecular formula is C14H20ClFN2O. The summed E-state index contributed by atoms with van der Waals surface area (Å²) in [5.74, 6) is -0.303. The van der Waals surface area contributed by atoms with Gasteiger partial charge in [0.05, 0.1) is 6.42 Å². The molecule has 1 aliphatic rings. The molecular weight excluding hydrogens is 267 g/mol. The van der Waals surface area contributed by atoms with E-state index in [0.717, 1.165) is 6.54 Å². The van der Waals surface area contributed by atoms with Gasteiger partial charge in [0.25, 0.3) is 0 Å². The second kappa shape index (κ2) is 6.87. The first-order chi connectivity index (χ1) is 8.58. The first-order valence-electron chi connectivity index (χ1n) is 6.34. The van der Waals surface area contributed by atoms with Crippen LogP contribution in [0.4, 0.5) is 4.39 Å². The van der Waals surface area contributed by atoms with E-state index in [4.69, 9.17) is 0 Å². The second-order valence-electron chi connectivity index (χ2n) is 4.97. The van der Waals surface area contributed by atoms with Crippen molar-refractivity contribution in [3.05, 3.63) is 35.6 Å². The zero-order chi connectivity index (χ0) is 13.1. The van der Waals surface area contributed by atoms with Crippen LogP contribution in [0.5, 0.6) is 0 Å². The van der Waals surface area contributed by atoms with Gasteiger partial charge in [0, 0.05) is 25.2 Å². The summed E-state index contributed by atoms with van der Waals surface area (Å²) >= 11 is 0. The zero-order valence-electron chi connectivity index (χ0n) is 11.2. The SMILES string of the molecule is CC1CN(C(=O)Cc2ccccc2F)C(C)CN1.Cl. The highest BCUT2D eigenvalue weighted by Crippen LogP contribution is 2.12. The highest BCUT2D eigenvalue weighted by Gasteiger charge is 2.26. The van der Waals surface area contributed by atoms with Crippen molar-refractivity contribution >= 4 is 18.3 Å². The Morgan fingerprint density at radius 1 is 1.42 bits per heavy atom. The Kier molecular flexibility index (Phi) is 5.76. The van der Waals surface area contributed by atoms with Gasteiger partial charge in [-0.1, -0.05) is 18.2 Å². The summed E-state index contributed by atoms with van der Waals surface area (Å²) in [5, 5.41) is 3.32. The van der Waals surface area contributed by atoms with E-state index in [-0.39, 0.29) is 36.6 Å². The molecule has 1 fully saturated rings. The van der Waals surface area contributed by atoms with Gasteiger partial charge in [0.2, 0.25) is 5.91 Å². The van der Waals surface area contributed by atoms with Gasteiger partial charge < -0.3 is 10.2 Å². The van der Waals surface area contributed by atoms with Crippen molar-refractivity contribution in [2.75, 3.05) is 13.1 Å². The smallest absolute Gasteiger partial charge is 0.227 e. The van der Waals surface area contributed by atoms with Crippen LogP contribution in [0.25, 0.3) is 0 Å². The molecule has 0 radical (unpaired) electrons. The van der Waals surface area contributed by atoms with Crippen molar-refractivity contribution < 1.29 is 9.18 Å². The van der Waals surface area contributed by atoms with E-state index in [2.05, 4.69) is 12.2 Å². The third-order valence-corrected chi connectivity index (χ3v) is 3.38. The molecule has 2 atom stereocenters. The molecule has 1 heterocycles. The molecule has 0 bridgehead atoms. The monoisotopic (exact) mass is 286 g/mol. The molecule has 1 N–H and O–H groups in total. The van der Waals surface area contributed by atoms with E-state index in [1.54, 1.807) is 18.2 Å². The highest BCUT2D eigenvalue weighted by atomic mass is 35.5. The zero-order valence-corrected chi connectivity index (χ0v) is 12.0. The van der Waals surface area contributed by atoms with Crippen molar-refractivity contribution in [1.29, 1.82) is 0 Å². The summed E-state index contributed by atoms with van der Waals surface area (Å²) in [5.41, 5.74) is 0.473. The van der Waals surface area contributed by atoms with Crippen molar-refractivity contribution in [2.45, 2.75) is 32.4 Å². The van der Waals surface area contributed by atoms with Gasteiger partial charge >= 0.3 is 0 Å². The maximum Gasteiger partial charge on any atom is 0.227 e. The third-order valence-electron chi connectivity index (χ3n) is 3.38. The molecule has 0 aliphatic carbocycles. The summed E-state index contributed by atoms with van der Waals surface area (Å²) in [7, 11) is 0. The summed E-state index contributed by atoms with van der Waals surface area (Å²) in [6.45, 7) is 5.55. The number of nitrogens with one attached hydrogen (secondary N) is 1. The summed E-state index contributed by atoms with van der Waals surface area (Å²) in [6.07, 6.45) is 0.143. The molecule has 1 saturated heterocycles. The quantitative estimate of drug-likeness (QED) is 0.902. The first-order valence-corrected chi connectivity index (χ1v) is 6.34. The van der Waals surface area contributed by atoms with E-state index in [1.165, 1.54) is 6.07 Å². The van der Waals surface area contributed by atoms with Gasteiger partial charge in [-0.05, 0) is 25.5 Å². The lowest BCUT2D eigenvalue weighted by Crippen LogP contribution is -2.56. The minimum atomic E-state index is -0.304. The fraction of sp³-hybridized carbons (Fsp3) is 0.500. The second-order valence-corrected chi connectivity index (χ2v) is 4.97. The summed E-state index contributed by atoms with van der Waals surface area (Å²) in [4.78, 5) is 14.0. The van der Waals surface area contributed by atoms with Crippen LogP contribution in [0.2, 0.25) is 0 Å². The van der Waals surface area contributed by atoms with Crippen molar-refractivity contribution in [1.82, 2.24) is 10.2 Å². The topological polar surface area (TPSA) is 32.3 Å². The average Bonchev–Trinajstić information content (AvgIpc) is 2.35. The van der Waals surface area contributed by atoms with Crippen molar-refractivity contribution in [3.63, 3.8) is 0 Å². The van der Waals surface area contributed by atoms with Gasteiger partial charge in [-0.25, -0.2) is 4.39 Å². The van der Waals surface area contributed by atoms with Crippen LogP contribution < -0.4 is 5.32 Å². The van der Waals surface area contributed by atoms with E-state index >= 15 is 0 Å². The van der Waals surface area contributed by atoms with E-state index in [1.807, 2.05) is 11.8 Å². The molecule has 19 heavy (non-hydrogen) atoms. The number of hydrogen-bond acceptors (Lipinski definition) is 2. The standard InChI is InChI=1S/C14H19FN2O.ClH/c1-10-9-17(11(2)8-16-10)14(18)7-12-5-3-4-6-13(12)15;/h3-6,10-11,16H,7-9H2,1-2H3;1H. The van der Waals surface area contributed by atoms with Crippen LogP contribution in [-0.4, -0.2) is 36.0 Å². The van der Waals surface area contributed by atoms with Gasteiger partial charge in [0.1, 0.15) is 5.82 Å². The first kappa shape index (κ1) is 15.9. The van der Waals surface area contributed by atoms with Crippen LogP contribution in [0.3, 0.4) is 0 Å². The lowest BCUT2D eigenvalue weighted by atomic mass is 10.1. The fourth-order valence-corrected chi connectivity index (χ4v) is 2.28. The van der Waals surface area contributed by atoms with Crippen LogP contribution in [-0.2, 0) is 11.2 Å². The maximum atomic E-state index is 13.5. The number of halogens is 2. The third kappa shape index (κ3) is 3.91. The van der Waals surface area contributed by atoms with Crippen LogP contribution in [0, 0.1) is 5.82 Å². The van der Waals surface area contributed by atoms with Crippen molar-refractivity contribution in [3.8, 4) is 0 Å². The highest BCUT2D eigenvalue weighted by molar-refractivity contribution is 5.85. The Hall–Kier alpha value is -1.13. The fourth-order valence-electron chi connectivity index (χ4n) is 2.28. The number of amides is 1. The molecule has 0 spiro atoms. The van der Waals surface area contributed by atoms with E-state index in [9.17, 15) is 9.18 Å². The summed E-state index contributed by atoms with van der Waals surface area (Å²) < 4.78 is 13.5. The number of nitrogens with zero attached hydrogens (tertiary/aromatic N) is 1. The number of carbonyl (C=O) groups is 1. The van der Waals surface area contributed by atoms with Gasteiger partial charge in [-0.2, -0.15) is 0 Å². The van der Waals surface area contributed by atoms with Gasteiger partial charge in [0.15, 0.2) is 0 Å². The van der Waals surface area contributed by atoms with Crippen LogP contribution >= 0.6 is 12.4 Å². The minimum absolute atomic E-state index is 0. The van der Waals surface area contributed by atoms with Gasteiger partial charge in [-0.3, -0.25) is 4.79 Å². The Morgan fingerprint density at radius 2 is 2.11 bits per heavy atom. The normalized spacial score (nSPS) is 22.8. The minimum Gasteiger partial charge on any atom is -0.337 e. The maximum absolute atomic E-state index is 13.5. The predicted octanol–water partition coefficient (Wildman–Crippen LogP) is 2.00. The van der Waals surface area contributed by atoms with Crippen LogP contribution in [0.1, 0.15) is 19.4 Å². The molecule has 106 valence electrons. The van der Waals surface area contributed by atoms with Gasteiger partial charge in [-0.15, -0.1) is 12.4 Å². The van der Waals surface area contributed by atoms with Crippen molar-refractivity contribution in [2.24, 2.45) is 0 Å². The van der Waals surface area contributed by atoms with E-state index in [0.29, 0.717) is 18.2 Å². The Bertz CT molecular complexity index is 441. The molecule has 1 aliphatic heterocycles. The lowest BCUT2D eigenvalue weighted by molar-refractivity contribution is -0.133. The molecule has 2 rings (SSSR count). The number of piperazine rings is 1. The largest absolute Gasteiger partial charge is 0.337 e. The molecule has 1 amide bonds. The Morgan fingerprint density at radius 3 is 2.79 bits per heavy atom. The van der Waals surface area contributed by atoms with Crippen LogP contribution in [0.15, 0.2) is 24.3 Å². The summed E-state index contributed by atoms with van der Waals surface area (Å²) in [6, 6.07) is 6.93. The number of benzene rings is 1. The molecule has 1 aromatic carbocycles. The Labute approximate surface area is 119 Å². The molecule has 2 unspecified atom stereocenters. The number of hydrogen-bond donors (Lipinski definition) is 1. The molecule has 0 aromatic heterocycles. The number of rotatable bonds is 2. The van der Waals surface area contributed by atoms with E-state index < -0.39 is 0 Å². The Balaban J connectivity index is 0.00000180.